The van der Waals surface area contributed by atoms with Gasteiger partial charge in [-0.3, -0.25) is 0 Å². The molecule has 1 aromatic rings. The van der Waals surface area contributed by atoms with Crippen molar-refractivity contribution in [1.29, 1.82) is 0 Å². The van der Waals surface area contributed by atoms with Crippen LogP contribution in [-0.4, -0.2) is 30.2 Å². The van der Waals surface area contributed by atoms with E-state index in [1.54, 1.807) is 12.4 Å². The Bertz CT molecular complexity index is 322. The number of nitrogens with one attached hydrogen (secondary N) is 1. The molecule has 0 atom stereocenters. The van der Waals surface area contributed by atoms with Crippen LogP contribution in [0.2, 0.25) is 0 Å². The molecular weight excluding hydrogens is 194 g/mol. The summed E-state index contributed by atoms with van der Waals surface area (Å²) in [5.41, 5.74) is 12.0. The molecule has 0 bridgehead atoms. The summed E-state index contributed by atoms with van der Waals surface area (Å²) in [6, 6.07) is 0.332. The zero-order chi connectivity index (χ0) is 11.1. The molecule has 0 saturated heterocycles. The van der Waals surface area contributed by atoms with Crippen LogP contribution in [0.5, 0.6) is 6.01 Å². The molecule has 0 unspecified atom stereocenters. The first-order chi connectivity index (χ1) is 7.27. The molecule has 0 aromatic carbocycles. The van der Waals surface area contributed by atoms with Crippen LogP contribution in [0.1, 0.15) is 5.56 Å². The first-order valence-corrected chi connectivity index (χ1v) is 4.55. The second kappa shape index (κ2) is 5.82. The summed E-state index contributed by atoms with van der Waals surface area (Å²) in [5.74, 6) is 0. The standard InChI is InChI=1S/C9H15N5O/c1-12-2-3-15-9-13-5-7(6-14-9)8(11)4-10/h4-6,12H,2-3,10-11H2,1H3/b8-4-. The van der Waals surface area contributed by atoms with E-state index in [9.17, 15) is 0 Å². The van der Waals surface area contributed by atoms with Crippen molar-refractivity contribution in [3.05, 3.63) is 24.2 Å². The molecule has 0 saturated carbocycles. The Morgan fingerprint density at radius 2 is 2.20 bits per heavy atom. The van der Waals surface area contributed by atoms with Gasteiger partial charge in [0.05, 0.1) is 5.70 Å². The fraction of sp³-hybridized carbons (Fsp3) is 0.333. The van der Waals surface area contributed by atoms with Crippen molar-refractivity contribution < 1.29 is 4.74 Å². The maximum atomic E-state index is 5.57. The lowest BCUT2D eigenvalue weighted by Crippen LogP contribution is -2.16. The van der Waals surface area contributed by atoms with E-state index in [-0.39, 0.29) is 0 Å². The van der Waals surface area contributed by atoms with E-state index in [1.807, 2.05) is 7.05 Å². The van der Waals surface area contributed by atoms with Crippen molar-refractivity contribution in [3.63, 3.8) is 0 Å². The Hall–Kier alpha value is -1.82. The van der Waals surface area contributed by atoms with Crippen molar-refractivity contribution in [2.24, 2.45) is 11.5 Å². The quantitative estimate of drug-likeness (QED) is 0.554. The lowest BCUT2D eigenvalue weighted by Gasteiger charge is -2.04. The van der Waals surface area contributed by atoms with Crippen LogP contribution in [-0.2, 0) is 0 Å². The molecule has 0 fully saturated rings. The minimum absolute atomic E-state index is 0.332. The van der Waals surface area contributed by atoms with Crippen LogP contribution in [0.4, 0.5) is 0 Å². The summed E-state index contributed by atoms with van der Waals surface area (Å²) in [6.07, 6.45) is 4.45. The van der Waals surface area contributed by atoms with E-state index in [4.69, 9.17) is 16.2 Å². The van der Waals surface area contributed by atoms with Gasteiger partial charge in [-0.2, -0.15) is 0 Å². The van der Waals surface area contributed by atoms with E-state index in [1.165, 1.54) is 6.20 Å². The van der Waals surface area contributed by atoms with Gasteiger partial charge in [0.15, 0.2) is 0 Å². The largest absolute Gasteiger partial charge is 0.462 e. The molecule has 1 heterocycles. The minimum Gasteiger partial charge on any atom is -0.462 e. The fourth-order valence-electron chi connectivity index (χ4n) is 0.880. The number of hydrogen-bond acceptors (Lipinski definition) is 6. The van der Waals surface area contributed by atoms with Crippen LogP contribution >= 0.6 is 0 Å². The van der Waals surface area contributed by atoms with E-state index in [0.29, 0.717) is 23.9 Å². The smallest absolute Gasteiger partial charge is 0.316 e. The molecule has 0 aliphatic rings. The van der Waals surface area contributed by atoms with Gasteiger partial charge < -0.3 is 21.5 Å². The van der Waals surface area contributed by atoms with Crippen LogP contribution in [0.3, 0.4) is 0 Å². The van der Waals surface area contributed by atoms with Gasteiger partial charge in [0.25, 0.3) is 0 Å². The SMILES string of the molecule is CNCCOc1ncc(/C(N)=C/N)cn1. The monoisotopic (exact) mass is 209 g/mol. The molecule has 1 aromatic heterocycles. The topological polar surface area (TPSA) is 99.1 Å². The molecule has 82 valence electrons. The molecular formula is C9H15N5O. The first-order valence-electron chi connectivity index (χ1n) is 4.55. The summed E-state index contributed by atoms with van der Waals surface area (Å²) in [4.78, 5) is 7.96. The highest BCUT2D eigenvalue weighted by atomic mass is 16.5. The van der Waals surface area contributed by atoms with Crippen LogP contribution < -0.4 is 21.5 Å². The molecule has 0 aliphatic heterocycles. The lowest BCUT2D eigenvalue weighted by molar-refractivity contribution is 0.293. The van der Waals surface area contributed by atoms with E-state index in [2.05, 4.69) is 15.3 Å². The van der Waals surface area contributed by atoms with Gasteiger partial charge in [-0.1, -0.05) is 0 Å². The Labute approximate surface area is 88.3 Å². The summed E-state index contributed by atoms with van der Waals surface area (Å²) in [7, 11) is 1.85. The highest BCUT2D eigenvalue weighted by Gasteiger charge is 1.99. The van der Waals surface area contributed by atoms with Gasteiger partial charge in [-0.05, 0) is 7.05 Å². The van der Waals surface area contributed by atoms with Crippen LogP contribution in [0.25, 0.3) is 5.70 Å². The van der Waals surface area contributed by atoms with Gasteiger partial charge >= 0.3 is 6.01 Å². The second-order valence-corrected chi connectivity index (χ2v) is 2.83. The van der Waals surface area contributed by atoms with Gasteiger partial charge in [-0.25, -0.2) is 9.97 Å². The highest BCUT2D eigenvalue weighted by molar-refractivity contribution is 5.60. The summed E-state index contributed by atoms with van der Waals surface area (Å²) >= 11 is 0. The normalized spacial score (nSPS) is 11.4. The maximum absolute atomic E-state index is 5.57. The first kappa shape index (κ1) is 11.3. The Morgan fingerprint density at radius 3 is 2.73 bits per heavy atom. The molecule has 0 radical (unpaired) electrons. The average molecular weight is 209 g/mol. The molecule has 0 aliphatic carbocycles. The summed E-state index contributed by atoms with van der Waals surface area (Å²) in [5, 5.41) is 2.95. The molecule has 6 nitrogen and oxygen atoms in total. The number of hydrogen-bond donors (Lipinski definition) is 3. The molecule has 0 spiro atoms. The van der Waals surface area contributed by atoms with E-state index in [0.717, 1.165) is 6.54 Å². The van der Waals surface area contributed by atoms with Crippen molar-refractivity contribution in [1.82, 2.24) is 15.3 Å². The third-order valence-electron chi connectivity index (χ3n) is 1.72. The summed E-state index contributed by atoms with van der Waals surface area (Å²) in [6.45, 7) is 1.27. The van der Waals surface area contributed by atoms with Gasteiger partial charge in [-0.15, -0.1) is 0 Å². The Morgan fingerprint density at radius 1 is 1.53 bits per heavy atom. The molecule has 0 amide bonds. The van der Waals surface area contributed by atoms with Gasteiger partial charge in [0.2, 0.25) is 0 Å². The number of nitrogens with zero attached hydrogens (tertiary/aromatic N) is 2. The number of aromatic nitrogens is 2. The van der Waals surface area contributed by atoms with Crippen LogP contribution in [0.15, 0.2) is 18.6 Å². The minimum atomic E-state index is 0.332. The van der Waals surface area contributed by atoms with E-state index < -0.39 is 0 Å². The van der Waals surface area contributed by atoms with Crippen molar-refractivity contribution in [2.75, 3.05) is 20.2 Å². The third kappa shape index (κ3) is 3.43. The number of ether oxygens (including phenoxy) is 1. The fourth-order valence-corrected chi connectivity index (χ4v) is 0.880. The molecule has 5 N–H and O–H groups in total. The van der Waals surface area contributed by atoms with E-state index >= 15 is 0 Å². The third-order valence-corrected chi connectivity index (χ3v) is 1.72. The zero-order valence-electron chi connectivity index (χ0n) is 8.60. The molecule has 15 heavy (non-hydrogen) atoms. The Balaban J connectivity index is 2.56. The predicted molar refractivity (Wildman–Crippen MR) is 57.8 cm³/mol. The van der Waals surface area contributed by atoms with Crippen molar-refractivity contribution in [2.45, 2.75) is 0 Å². The predicted octanol–water partition coefficient (Wildman–Crippen LogP) is -0.709. The summed E-state index contributed by atoms with van der Waals surface area (Å²) < 4.78 is 5.24. The molecule has 6 heteroatoms. The van der Waals surface area contributed by atoms with Crippen molar-refractivity contribution in [3.8, 4) is 6.01 Å². The maximum Gasteiger partial charge on any atom is 0.316 e. The number of rotatable bonds is 5. The second-order valence-electron chi connectivity index (χ2n) is 2.83. The van der Waals surface area contributed by atoms with Gasteiger partial charge in [0.1, 0.15) is 6.61 Å². The average Bonchev–Trinajstić information content (AvgIpc) is 2.29. The lowest BCUT2D eigenvalue weighted by atomic mass is 10.3. The Kier molecular flexibility index (Phi) is 4.36. The number of likely N-dealkylation sites (N-methyl/N-ethyl adjacent to an activating group) is 1. The van der Waals surface area contributed by atoms with Crippen LogP contribution in [0, 0.1) is 0 Å². The number of nitrogens with two attached hydrogens (primary N) is 2. The zero-order valence-corrected chi connectivity index (χ0v) is 8.60. The van der Waals surface area contributed by atoms with Gasteiger partial charge in [0, 0.05) is 30.7 Å². The van der Waals surface area contributed by atoms with Crippen molar-refractivity contribution >= 4 is 5.70 Å². The molecule has 1 rings (SSSR count). The highest BCUT2D eigenvalue weighted by Crippen LogP contribution is 2.07.